The SMILES string of the molecule is CC(C)(C)c1ccc(OCC(=O)NC[C@H](O)Cc2ccccc2)cc1. The summed E-state index contributed by atoms with van der Waals surface area (Å²) in [6.07, 6.45) is -0.103. The molecular formula is C21H27NO3. The van der Waals surface area contributed by atoms with Gasteiger partial charge in [-0.3, -0.25) is 4.79 Å². The molecule has 0 aliphatic rings. The summed E-state index contributed by atoms with van der Waals surface area (Å²) in [4.78, 5) is 11.9. The summed E-state index contributed by atoms with van der Waals surface area (Å²) >= 11 is 0. The molecule has 0 saturated carbocycles. The summed E-state index contributed by atoms with van der Waals surface area (Å²) in [7, 11) is 0. The largest absolute Gasteiger partial charge is 0.484 e. The lowest BCUT2D eigenvalue weighted by molar-refractivity contribution is -0.123. The minimum atomic E-state index is -0.614. The summed E-state index contributed by atoms with van der Waals surface area (Å²) in [5, 5.41) is 12.7. The molecule has 2 rings (SSSR count). The molecule has 25 heavy (non-hydrogen) atoms. The van der Waals surface area contributed by atoms with E-state index in [4.69, 9.17) is 4.74 Å². The number of amides is 1. The zero-order valence-corrected chi connectivity index (χ0v) is 15.2. The predicted octanol–water partition coefficient (Wildman–Crippen LogP) is 3.08. The highest BCUT2D eigenvalue weighted by molar-refractivity contribution is 5.77. The number of aliphatic hydroxyl groups excluding tert-OH is 1. The van der Waals surface area contributed by atoms with E-state index in [2.05, 4.69) is 26.1 Å². The molecule has 2 aromatic rings. The fourth-order valence-corrected chi connectivity index (χ4v) is 2.44. The maximum atomic E-state index is 11.9. The number of hydrogen-bond donors (Lipinski definition) is 2. The molecule has 0 aliphatic carbocycles. The van der Waals surface area contributed by atoms with Crippen molar-refractivity contribution in [2.45, 2.75) is 38.7 Å². The minimum Gasteiger partial charge on any atom is -0.484 e. The Morgan fingerprint density at radius 1 is 1.08 bits per heavy atom. The third kappa shape index (κ3) is 6.59. The first-order valence-electron chi connectivity index (χ1n) is 8.56. The smallest absolute Gasteiger partial charge is 0.258 e. The Hall–Kier alpha value is -2.33. The van der Waals surface area contributed by atoms with E-state index in [1.165, 1.54) is 5.56 Å². The zero-order valence-electron chi connectivity index (χ0n) is 15.2. The molecule has 134 valence electrons. The van der Waals surface area contributed by atoms with Crippen LogP contribution < -0.4 is 10.1 Å². The molecule has 0 unspecified atom stereocenters. The van der Waals surface area contributed by atoms with E-state index >= 15 is 0 Å². The van der Waals surface area contributed by atoms with Crippen LogP contribution in [0.25, 0.3) is 0 Å². The van der Waals surface area contributed by atoms with E-state index < -0.39 is 6.10 Å². The van der Waals surface area contributed by atoms with Gasteiger partial charge in [0.1, 0.15) is 5.75 Å². The van der Waals surface area contributed by atoms with Gasteiger partial charge >= 0.3 is 0 Å². The fraction of sp³-hybridized carbons (Fsp3) is 0.381. The Labute approximate surface area is 149 Å². The molecule has 1 amide bonds. The third-order valence-electron chi connectivity index (χ3n) is 3.94. The van der Waals surface area contributed by atoms with Gasteiger partial charge in [-0.2, -0.15) is 0 Å². The molecule has 0 aromatic heterocycles. The number of hydrogen-bond acceptors (Lipinski definition) is 3. The van der Waals surface area contributed by atoms with Crippen LogP contribution in [0.3, 0.4) is 0 Å². The first-order valence-corrected chi connectivity index (χ1v) is 8.56. The van der Waals surface area contributed by atoms with Crippen LogP contribution in [0.15, 0.2) is 54.6 Å². The van der Waals surface area contributed by atoms with Crippen LogP contribution in [0, 0.1) is 0 Å². The topological polar surface area (TPSA) is 58.6 Å². The van der Waals surface area contributed by atoms with Crippen LogP contribution in [0.4, 0.5) is 0 Å². The number of carbonyl (C=O) groups is 1. The summed E-state index contributed by atoms with van der Waals surface area (Å²) in [6, 6.07) is 17.5. The number of ether oxygens (including phenoxy) is 1. The lowest BCUT2D eigenvalue weighted by atomic mass is 9.87. The van der Waals surface area contributed by atoms with E-state index in [9.17, 15) is 9.90 Å². The molecular weight excluding hydrogens is 314 g/mol. The molecule has 0 radical (unpaired) electrons. The van der Waals surface area contributed by atoms with Crippen molar-refractivity contribution in [3.63, 3.8) is 0 Å². The summed E-state index contributed by atoms with van der Waals surface area (Å²) in [6.45, 7) is 6.60. The molecule has 2 N–H and O–H groups in total. The Morgan fingerprint density at radius 3 is 2.32 bits per heavy atom. The Kier molecular flexibility index (Phi) is 6.59. The van der Waals surface area contributed by atoms with Crippen LogP contribution in [0.2, 0.25) is 0 Å². The predicted molar refractivity (Wildman–Crippen MR) is 99.8 cm³/mol. The van der Waals surface area contributed by atoms with Gasteiger partial charge in [-0.1, -0.05) is 63.2 Å². The third-order valence-corrected chi connectivity index (χ3v) is 3.94. The zero-order chi connectivity index (χ0) is 18.3. The van der Waals surface area contributed by atoms with Crippen LogP contribution >= 0.6 is 0 Å². The Balaban J connectivity index is 1.71. The first kappa shape index (κ1) is 19.0. The van der Waals surface area contributed by atoms with Crippen LogP contribution in [0.5, 0.6) is 5.75 Å². The van der Waals surface area contributed by atoms with Crippen molar-refractivity contribution in [1.82, 2.24) is 5.32 Å². The van der Waals surface area contributed by atoms with E-state index in [0.29, 0.717) is 12.2 Å². The first-order chi connectivity index (χ1) is 11.8. The summed E-state index contributed by atoms with van der Waals surface area (Å²) < 4.78 is 5.49. The monoisotopic (exact) mass is 341 g/mol. The van der Waals surface area contributed by atoms with Crippen LogP contribution in [-0.2, 0) is 16.6 Å². The van der Waals surface area contributed by atoms with Crippen molar-refractivity contribution in [3.05, 3.63) is 65.7 Å². The standard InChI is InChI=1S/C21H27NO3/c1-21(2,3)17-9-11-19(12-10-17)25-15-20(24)22-14-18(23)13-16-7-5-4-6-8-16/h4-12,18,23H,13-15H2,1-3H3,(H,22,24)/t18-/m1/s1. The molecule has 0 spiro atoms. The second-order valence-corrected chi connectivity index (χ2v) is 7.21. The van der Waals surface area contributed by atoms with Gasteiger partial charge in [0.05, 0.1) is 6.10 Å². The van der Waals surface area contributed by atoms with E-state index in [-0.39, 0.29) is 24.5 Å². The van der Waals surface area contributed by atoms with Gasteiger partial charge in [-0.15, -0.1) is 0 Å². The Bertz CT molecular complexity index is 660. The van der Waals surface area contributed by atoms with Gasteiger partial charge in [-0.05, 0) is 28.7 Å². The molecule has 0 aliphatic heterocycles. The lowest BCUT2D eigenvalue weighted by Gasteiger charge is -2.19. The van der Waals surface area contributed by atoms with Gasteiger partial charge in [0.2, 0.25) is 0 Å². The number of nitrogens with one attached hydrogen (secondary N) is 1. The molecule has 4 nitrogen and oxygen atoms in total. The van der Waals surface area contributed by atoms with Crippen molar-refractivity contribution >= 4 is 5.91 Å². The summed E-state index contributed by atoms with van der Waals surface area (Å²) in [5.41, 5.74) is 2.35. The van der Waals surface area contributed by atoms with Gasteiger partial charge in [0, 0.05) is 13.0 Å². The molecule has 0 saturated heterocycles. The lowest BCUT2D eigenvalue weighted by Crippen LogP contribution is -2.36. The highest BCUT2D eigenvalue weighted by Gasteiger charge is 2.13. The van der Waals surface area contributed by atoms with E-state index in [1.54, 1.807) is 0 Å². The van der Waals surface area contributed by atoms with Crippen molar-refractivity contribution in [3.8, 4) is 5.75 Å². The van der Waals surface area contributed by atoms with Crippen LogP contribution in [-0.4, -0.2) is 30.3 Å². The van der Waals surface area contributed by atoms with Crippen molar-refractivity contribution in [2.75, 3.05) is 13.2 Å². The minimum absolute atomic E-state index is 0.0626. The number of carbonyl (C=O) groups excluding carboxylic acids is 1. The van der Waals surface area contributed by atoms with Gasteiger partial charge in [0.25, 0.3) is 5.91 Å². The molecule has 0 fully saturated rings. The quantitative estimate of drug-likeness (QED) is 0.814. The molecule has 0 bridgehead atoms. The highest BCUT2D eigenvalue weighted by atomic mass is 16.5. The fourth-order valence-electron chi connectivity index (χ4n) is 2.44. The summed E-state index contributed by atoms with van der Waals surface area (Å²) in [5.74, 6) is 0.417. The molecule has 0 heterocycles. The normalized spacial score (nSPS) is 12.5. The average Bonchev–Trinajstić information content (AvgIpc) is 2.58. The second-order valence-electron chi connectivity index (χ2n) is 7.21. The number of aliphatic hydroxyl groups is 1. The number of benzene rings is 2. The molecule has 4 heteroatoms. The van der Waals surface area contributed by atoms with Crippen LogP contribution in [0.1, 0.15) is 31.9 Å². The average molecular weight is 341 g/mol. The van der Waals surface area contributed by atoms with Gasteiger partial charge < -0.3 is 15.2 Å². The second kappa shape index (κ2) is 8.67. The highest BCUT2D eigenvalue weighted by Crippen LogP contribution is 2.24. The van der Waals surface area contributed by atoms with E-state index in [1.807, 2.05) is 54.6 Å². The van der Waals surface area contributed by atoms with Gasteiger partial charge in [0.15, 0.2) is 6.61 Å². The van der Waals surface area contributed by atoms with Crippen molar-refractivity contribution < 1.29 is 14.6 Å². The molecule has 1 atom stereocenters. The maximum Gasteiger partial charge on any atom is 0.258 e. The maximum absolute atomic E-state index is 11.9. The molecule has 2 aromatic carbocycles. The Morgan fingerprint density at radius 2 is 1.72 bits per heavy atom. The van der Waals surface area contributed by atoms with Crippen molar-refractivity contribution in [2.24, 2.45) is 0 Å². The van der Waals surface area contributed by atoms with Crippen molar-refractivity contribution in [1.29, 1.82) is 0 Å². The van der Waals surface area contributed by atoms with E-state index in [0.717, 1.165) is 5.56 Å². The number of rotatable bonds is 7. The van der Waals surface area contributed by atoms with Gasteiger partial charge in [-0.25, -0.2) is 0 Å².